The molecule has 1 saturated carbocycles. The maximum atomic E-state index is 12.4. The van der Waals surface area contributed by atoms with Crippen LogP contribution in [0, 0.1) is 0 Å². The molecule has 5 heteroatoms. The van der Waals surface area contributed by atoms with E-state index in [0.29, 0.717) is 13.0 Å². The maximum Gasteiger partial charge on any atom is 0.217 e. The minimum atomic E-state index is -3.18. The van der Waals surface area contributed by atoms with Crippen molar-refractivity contribution in [2.45, 2.75) is 62.7 Å². The standard InChI is InChI=1S/C12H23NO3S/c1-12(14)8-5-9-13(10-12)17(15,16)11-6-3-2-4-7-11/h11,14H,2-10H2,1H3. The molecule has 4 nitrogen and oxygen atoms in total. The van der Waals surface area contributed by atoms with Gasteiger partial charge < -0.3 is 5.11 Å². The molecule has 1 atom stereocenters. The molecule has 0 amide bonds. The molecule has 17 heavy (non-hydrogen) atoms. The average Bonchev–Trinajstić information content (AvgIpc) is 2.29. The van der Waals surface area contributed by atoms with Crippen LogP contribution in [0.15, 0.2) is 0 Å². The molecule has 1 aliphatic carbocycles. The molecule has 1 unspecified atom stereocenters. The van der Waals surface area contributed by atoms with Crippen molar-refractivity contribution in [1.82, 2.24) is 4.31 Å². The largest absolute Gasteiger partial charge is 0.389 e. The van der Waals surface area contributed by atoms with Gasteiger partial charge in [0.2, 0.25) is 10.0 Å². The van der Waals surface area contributed by atoms with Crippen LogP contribution in [0.1, 0.15) is 51.9 Å². The number of nitrogens with zero attached hydrogens (tertiary/aromatic N) is 1. The SMILES string of the molecule is CC1(O)CCCN(S(=O)(=O)C2CCCCC2)C1. The van der Waals surface area contributed by atoms with Crippen LogP contribution in [-0.2, 0) is 10.0 Å². The molecule has 0 aromatic rings. The normalized spacial score (nSPS) is 33.8. The van der Waals surface area contributed by atoms with Gasteiger partial charge in [-0.15, -0.1) is 0 Å². The van der Waals surface area contributed by atoms with Crippen molar-refractivity contribution in [3.63, 3.8) is 0 Å². The summed E-state index contributed by atoms with van der Waals surface area (Å²) in [6, 6.07) is 0. The Kier molecular flexibility index (Phi) is 3.80. The van der Waals surface area contributed by atoms with Gasteiger partial charge in [-0.05, 0) is 32.6 Å². The summed E-state index contributed by atoms with van der Waals surface area (Å²) in [5.74, 6) is 0. The van der Waals surface area contributed by atoms with Gasteiger partial charge >= 0.3 is 0 Å². The molecule has 0 spiro atoms. The van der Waals surface area contributed by atoms with Crippen LogP contribution in [0.25, 0.3) is 0 Å². The van der Waals surface area contributed by atoms with Gasteiger partial charge in [0.25, 0.3) is 0 Å². The van der Waals surface area contributed by atoms with Crippen molar-refractivity contribution >= 4 is 10.0 Å². The zero-order chi connectivity index (χ0) is 12.5. The van der Waals surface area contributed by atoms with Gasteiger partial charge in [0.1, 0.15) is 0 Å². The molecular weight excluding hydrogens is 238 g/mol. The van der Waals surface area contributed by atoms with E-state index in [2.05, 4.69) is 0 Å². The Balaban J connectivity index is 2.09. The van der Waals surface area contributed by atoms with Crippen LogP contribution < -0.4 is 0 Å². The molecule has 0 bridgehead atoms. The lowest BCUT2D eigenvalue weighted by atomic mass is 9.97. The third-order valence-corrected chi connectivity index (χ3v) is 6.32. The highest BCUT2D eigenvalue weighted by molar-refractivity contribution is 7.89. The van der Waals surface area contributed by atoms with Gasteiger partial charge in [0, 0.05) is 13.1 Å². The Morgan fingerprint density at radius 2 is 1.82 bits per heavy atom. The summed E-state index contributed by atoms with van der Waals surface area (Å²) in [6.07, 6.45) is 6.25. The fourth-order valence-electron chi connectivity index (χ4n) is 2.97. The lowest BCUT2D eigenvalue weighted by molar-refractivity contribution is 0.00904. The van der Waals surface area contributed by atoms with Gasteiger partial charge in [0.05, 0.1) is 10.9 Å². The molecule has 1 heterocycles. The first-order chi connectivity index (χ1) is 7.92. The highest BCUT2D eigenvalue weighted by atomic mass is 32.2. The molecule has 1 aliphatic heterocycles. The summed E-state index contributed by atoms with van der Waals surface area (Å²) in [7, 11) is -3.18. The van der Waals surface area contributed by atoms with Crippen LogP contribution in [-0.4, -0.2) is 41.8 Å². The van der Waals surface area contributed by atoms with E-state index in [4.69, 9.17) is 0 Å². The van der Waals surface area contributed by atoms with Crippen molar-refractivity contribution in [3.8, 4) is 0 Å². The summed E-state index contributed by atoms with van der Waals surface area (Å²) in [6.45, 7) is 2.58. The van der Waals surface area contributed by atoms with Crippen LogP contribution in [0.4, 0.5) is 0 Å². The number of rotatable bonds is 2. The topological polar surface area (TPSA) is 57.6 Å². The van der Waals surface area contributed by atoms with E-state index in [1.807, 2.05) is 0 Å². The highest BCUT2D eigenvalue weighted by Crippen LogP contribution is 2.30. The number of β-amino-alcohol motifs (C(OH)–C–C–N with tert-alkyl or cyclic N) is 1. The van der Waals surface area contributed by atoms with Crippen molar-refractivity contribution in [1.29, 1.82) is 0 Å². The average molecular weight is 261 g/mol. The van der Waals surface area contributed by atoms with Crippen LogP contribution >= 0.6 is 0 Å². The van der Waals surface area contributed by atoms with Crippen molar-refractivity contribution < 1.29 is 13.5 Å². The summed E-state index contributed by atoms with van der Waals surface area (Å²) in [4.78, 5) is 0. The molecule has 2 rings (SSSR count). The molecular formula is C12H23NO3S. The first-order valence-corrected chi connectivity index (χ1v) is 8.13. The third-order valence-electron chi connectivity index (χ3n) is 3.97. The van der Waals surface area contributed by atoms with Gasteiger partial charge in [-0.2, -0.15) is 4.31 Å². The number of hydrogen-bond acceptors (Lipinski definition) is 3. The fourth-order valence-corrected chi connectivity index (χ4v) is 5.16. The zero-order valence-electron chi connectivity index (χ0n) is 10.6. The number of aliphatic hydroxyl groups is 1. The second kappa shape index (κ2) is 4.86. The summed E-state index contributed by atoms with van der Waals surface area (Å²) < 4.78 is 26.4. The van der Waals surface area contributed by atoms with Gasteiger partial charge in [-0.1, -0.05) is 19.3 Å². The highest BCUT2D eigenvalue weighted by Gasteiger charge is 2.38. The molecule has 1 N–H and O–H groups in total. The predicted molar refractivity (Wildman–Crippen MR) is 67.2 cm³/mol. The van der Waals surface area contributed by atoms with E-state index in [0.717, 1.165) is 38.5 Å². The maximum absolute atomic E-state index is 12.4. The van der Waals surface area contributed by atoms with Gasteiger partial charge in [0.15, 0.2) is 0 Å². The number of hydrogen-bond donors (Lipinski definition) is 1. The minimum Gasteiger partial charge on any atom is -0.389 e. The summed E-state index contributed by atoms with van der Waals surface area (Å²) >= 11 is 0. The van der Waals surface area contributed by atoms with E-state index in [1.165, 1.54) is 4.31 Å². The Labute approximate surface area is 104 Å². The predicted octanol–water partition coefficient (Wildman–Crippen LogP) is 1.50. The zero-order valence-corrected chi connectivity index (χ0v) is 11.4. The summed E-state index contributed by atoms with van der Waals surface area (Å²) in [5, 5.41) is 9.80. The third kappa shape index (κ3) is 3.01. The van der Waals surface area contributed by atoms with Crippen molar-refractivity contribution in [2.75, 3.05) is 13.1 Å². The molecule has 100 valence electrons. The molecule has 2 aliphatic rings. The first-order valence-electron chi connectivity index (χ1n) is 6.63. The Hall–Kier alpha value is -0.130. The first kappa shape index (κ1) is 13.3. The van der Waals surface area contributed by atoms with E-state index >= 15 is 0 Å². The van der Waals surface area contributed by atoms with Gasteiger partial charge in [-0.3, -0.25) is 0 Å². The van der Waals surface area contributed by atoms with E-state index < -0.39 is 15.6 Å². The van der Waals surface area contributed by atoms with Crippen LogP contribution in [0.3, 0.4) is 0 Å². The second-order valence-corrected chi connectivity index (χ2v) is 7.95. The monoisotopic (exact) mass is 261 g/mol. The van der Waals surface area contributed by atoms with Gasteiger partial charge in [-0.25, -0.2) is 8.42 Å². The van der Waals surface area contributed by atoms with E-state index in [1.54, 1.807) is 6.92 Å². The fraction of sp³-hybridized carbons (Fsp3) is 1.00. The molecule has 0 radical (unpaired) electrons. The Bertz CT molecular complexity index is 358. The smallest absolute Gasteiger partial charge is 0.217 e. The van der Waals surface area contributed by atoms with Crippen LogP contribution in [0.5, 0.6) is 0 Å². The molecule has 1 saturated heterocycles. The molecule has 0 aromatic heterocycles. The Morgan fingerprint density at radius 3 is 2.41 bits per heavy atom. The van der Waals surface area contributed by atoms with Crippen molar-refractivity contribution in [2.24, 2.45) is 0 Å². The lowest BCUT2D eigenvalue weighted by Crippen LogP contribution is -2.51. The van der Waals surface area contributed by atoms with Crippen LogP contribution in [0.2, 0.25) is 0 Å². The number of sulfonamides is 1. The second-order valence-electron chi connectivity index (χ2n) is 5.74. The minimum absolute atomic E-state index is 0.204. The summed E-state index contributed by atoms with van der Waals surface area (Å²) in [5.41, 5.74) is -0.847. The quantitative estimate of drug-likeness (QED) is 0.819. The van der Waals surface area contributed by atoms with E-state index in [9.17, 15) is 13.5 Å². The number of piperidine rings is 1. The lowest BCUT2D eigenvalue weighted by Gasteiger charge is -2.38. The molecule has 2 fully saturated rings. The van der Waals surface area contributed by atoms with Crippen molar-refractivity contribution in [3.05, 3.63) is 0 Å². The Morgan fingerprint density at radius 1 is 1.18 bits per heavy atom. The molecule has 0 aromatic carbocycles. The van der Waals surface area contributed by atoms with E-state index in [-0.39, 0.29) is 11.8 Å².